The Labute approximate surface area is 132 Å². The van der Waals surface area contributed by atoms with Crippen molar-refractivity contribution in [1.29, 1.82) is 0 Å². The van der Waals surface area contributed by atoms with E-state index in [0.717, 1.165) is 27.4 Å². The molecule has 0 aliphatic heterocycles. The summed E-state index contributed by atoms with van der Waals surface area (Å²) in [6.45, 7) is 3.25. The second-order valence-electron chi connectivity index (χ2n) is 4.83. The molecule has 0 amide bonds. The molecule has 2 N–H and O–H groups in total. The Balaban J connectivity index is 2.21. The van der Waals surface area contributed by atoms with Gasteiger partial charge in [-0.05, 0) is 37.7 Å². The first kappa shape index (κ1) is 15.6. The van der Waals surface area contributed by atoms with Crippen LogP contribution in [0.4, 0.5) is 0 Å². The van der Waals surface area contributed by atoms with Crippen LogP contribution >= 0.6 is 27.5 Å². The number of hydrogen-bond donors (Lipinski definition) is 1. The molecule has 0 spiro atoms. The molecule has 1 heterocycles. The Hall–Kier alpha value is -0.810. The van der Waals surface area contributed by atoms with Crippen molar-refractivity contribution in [3.8, 4) is 0 Å². The fourth-order valence-electron chi connectivity index (χ4n) is 2.27. The van der Waals surface area contributed by atoms with E-state index in [-0.39, 0.29) is 6.04 Å². The molecule has 0 saturated carbocycles. The van der Waals surface area contributed by atoms with Crippen molar-refractivity contribution < 1.29 is 4.42 Å². The number of aryl methyl sites for hydroxylation is 1. The molecule has 0 radical (unpaired) electrons. The maximum atomic E-state index is 6.33. The lowest BCUT2D eigenvalue weighted by atomic mass is 10.0. The molecule has 5 heteroatoms. The van der Waals surface area contributed by atoms with Crippen LogP contribution in [0, 0.1) is 6.92 Å². The average molecular weight is 358 g/mol. The van der Waals surface area contributed by atoms with E-state index >= 15 is 0 Å². The van der Waals surface area contributed by atoms with Crippen LogP contribution in [-0.4, -0.2) is 18.5 Å². The van der Waals surface area contributed by atoms with Gasteiger partial charge in [0.2, 0.25) is 0 Å². The van der Waals surface area contributed by atoms with Crippen molar-refractivity contribution >= 4 is 27.5 Å². The Bertz CT molecular complexity index is 585. The lowest BCUT2D eigenvalue weighted by molar-refractivity contribution is 0.240. The summed E-state index contributed by atoms with van der Waals surface area (Å²) in [5, 5.41) is 0.727. The zero-order chi connectivity index (χ0) is 14.7. The summed E-state index contributed by atoms with van der Waals surface area (Å²) < 4.78 is 6.30. The molecule has 3 nitrogen and oxygen atoms in total. The second-order valence-corrected chi connectivity index (χ2v) is 6.16. The summed E-state index contributed by atoms with van der Waals surface area (Å²) in [5.74, 6) is 0.939. The predicted molar refractivity (Wildman–Crippen MR) is 85.9 cm³/mol. The molecule has 2 rings (SSSR count). The number of benzene rings is 1. The van der Waals surface area contributed by atoms with Crippen molar-refractivity contribution in [2.45, 2.75) is 19.5 Å². The van der Waals surface area contributed by atoms with E-state index in [0.29, 0.717) is 6.54 Å². The number of nitrogens with two attached hydrogens (primary N) is 1. The smallest absolute Gasteiger partial charge is 0.105 e. The van der Waals surface area contributed by atoms with E-state index in [9.17, 15) is 0 Å². The number of halogens is 2. The highest BCUT2D eigenvalue weighted by molar-refractivity contribution is 9.10. The van der Waals surface area contributed by atoms with Gasteiger partial charge in [0, 0.05) is 34.2 Å². The highest BCUT2D eigenvalue weighted by Crippen LogP contribution is 2.30. The minimum absolute atomic E-state index is 0.0740. The molecule has 1 atom stereocenters. The lowest BCUT2D eigenvalue weighted by Gasteiger charge is -2.28. The Morgan fingerprint density at radius 2 is 2.15 bits per heavy atom. The number of nitrogens with zero attached hydrogens (tertiary/aromatic N) is 1. The summed E-state index contributed by atoms with van der Waals surface area (Å²) in [7, 11) is 2.04. The van der Waals surface area contributed by atoms with Gasteiger partial charge >= 0.3 is 0 Å². The molecule has 20 heavy (non-hydrogen) atoms. The van der Waals surface area contributed by atoms with Gasteiger partial charge in [0.05, 0.1) is 6.26 Å². The molecular formula is C15H18BrClN2O. The molecule has 0 bridgehead atoms. The summed E-state index contributed by atoms with van der Waals surface area (Å²) in [4.78, 5) is 2.19. The van der Waals surface area contributed by atoms with Crippen molar-refractivity contribution in [2.75, 3.05) is 13.6 Å². The van der Waals surface area contributed by atoms with Gasteiger partial charge in [-0.15, -0.1) is 0 Å². The third-order valence-corrected chi connectivity index (χ3v) is 4.28. The summed E-state index contributed by atoms with van der Waals surface area (Å²) >= 11 is 9.75. The monoisotopic (exact) mass is 356 g/mol. The Morgan fingerprint density at radius 1 is 1.40 bits per heavy atom. The molecule has 2 aromatic rings. The molecule has 0 saturated heterocycles. The molecule has 1 aromatic carbocycles. The van der Waals surface area contributed by atoms with Crippen LogP contribution in [0.25, 0.3) is 0 Å². The van der Waals surface area contributed by atoms with Gasteiger partial charge in [-0.2, -0.15) is 0 Å². The standard InChI is InChI=1S/C15H18BrClN2O/c1-10-11(5-6-20-10)9-19(2)15(8-18)13-4-3-12(16)7-14(13)17/h3-7,15H,8-9,18H2,1-2H3. The molecule has 1 aromatic heterocycles. The number of likely N-dealkylation sites (N-methyl/N-ethyl adjacent to an activating group) is 1. The van der Waals surface area contributed by atoms with Crippen molar-refractivity contribution in [1.82, 2.24) is 4.90 Å². The normalized spacial score (nSPS) is 12.9. The van der Waals surface area contributed by atoms with Gasteiger partial charge in [-0.3, -0.25) is 4.90 Å². The van der Waals surface area contributed by atoms with Crippen LogP contribution in [0.2, 0.25) is 5.02 Å². The quantitative estimate of drug-likeness (QED) is 0.874. The zero-order valence-electron chi connectivity index (χ0n) is 11.6. The van der Waals surface area contributed by atoms with E-state index < -0.39 is 0 Å². The van der Waals surface area contributed by atoms with Crippen LogP contribution in [0.1, 0.15) is 22.9 Å². The van der Waals surface area contributed by atoms with Crippen LogP contribution in [0.3, 0.4) is 0 Å². The summed E-state index contributed by atoms with van der Waals surface area (Å²) in [6.07, 6.45) is 1.71. The summed E-state index contributed by atoms with van der Waals surface area (Å²) in [6, 6.07) is 7.97. The van der Waals surface area contributed by atoms with Gasteiger partial charge in [-0.1, -0.05) is 33.6 Å². The first-order chi connectivity index (χ1) is 9.52. The molecule has 1 unspecified atom stereocenters. The number of rotatable bonds is 5. The highest BCUT2D eigenvalue weighted by atomic mass is 79.9. The Kier molecular flexibility index (Phi) is 5.27. The number of hydrogen-bond acceptors (Lipinski definition) is 3. The molecule has 108 valence electrons. The first-order valence-electron chi connectivity index (χ1n) is 6.41. The molecule has 0 aliphatic carbocycles. The van der Waals surface area contributed by atoms with E-state index in [2.05, 4.69) is 20.8 Å². The van der Waals surface area contributed by atoms with Crippen LogP contribution < -0.4 is 5.73 Å². The lowest BCUT2D eigenvalue weighted by Crippen LogP contribution is -2.30. The van der Waals surface area contributed by atoms with Gasteiger partial charge in [0.15, 0.2) is 0 Å². The van der Waals surface area contributed by atoms with Gasteiger partial charge < -0.3 is 10.2 Å². The van der Waals surface area contributed by atoms with Gasteiger partial charge in [0.1, 0.15) is 5.76 Å². The predicted octanol–water partition coefficient (Wildman–Crippen LogP) is 4.14. The minimum Gasteiger partial charge on any atom is -0.469 e. The fourth-order valence-corrected chi connectivity index (χ4v) is 3.07. The van der Waals surface area contributed by atoms with Crippen LogP contribution in [0.5, 0.6) is 0 Å². The SMILES string of the molecule is Cc1occc1CN(C)C(CN)c1ccc(Br)cc1Cl. The zero-order valence-corrected chi connectivity index (χ0v) is 13.9. The van der Waals surface area contributed by atoms with Crippen LogP contribution in [-0.2, 0) is 6.54 Å². The third-order valence-electron chi connectivity index (χ3n) is 3.46. The molecule has 0 aliphatic rings. The highest BCUT2D eigenvalue weighted by Gasteiger charge is 2.19. The van der Waals surface area contributed by atoms with Crippen LogP contribution in [0.15, 0.2) is 39.4 Å². The number of furan rings is 1. The first-order valence-corrected chi connectivity index (χ1v) is 7.58. The maximum absolute atomic E-state index is 6.33. The van der Waals surface area contributed by atoms with Crippen molar-refractivity contribution in [2.24, 2.45) is 5.73 Å². The van der Waals surface area contributed by atoms with E-state index in [1.54, 1.807) is 6.26 Å². The summed E-state index contributed by atoms with van der Waals surface area (Å²) in [5.41, 5.74) is 8.15. The van der Waals surface area contributed by atoms with E-state index in [1.807, 2.05) is 38.2 Å². The Morgan fingerprint density at radius 3 is 2.70 bits per heavy atom. The minimum atomic E-state index is 0.0740. The van der Waals surface area contributed by atoms with Gasteiger partial charge in [0.25, 0.3) is 0 Å². The third kappa shape index (κ3) is 3.44. The van der Waals surface area contributed by atoms with Crippen molar-refractivity contribution in [3.63, 3.8) is 0 Å². The molecular weight excluding hydrogens is 340 g/mol. The molecule has 0 fully saturated rings. The fraction of sp³-hybridized carbons (Fsp3) is 0.333. The van der Waals surface area contributed by atoms with Gasteiger partial charge in [-0.25, -0.2) is 0 Å². The largest absolute Gasteiger partial charge is 0.469 e. The van der Waals surface area contributed by atoms with Crippen molar-refractivity contribution in [3.05, 3.63) is 56.9 Å². The van der Waals surface area contributed by atoms with E-state index in [1.165, 1.54) is 5.56 Å². The van der Waals surface area contributed by atoms with E-state index in [4.69, 9.17) is 21.8 Å². The second kappa shape index (κ2) is 6.76. The average Bonchev–Trinajstić information content (AvgIpc) is 2.78. The maximum Gasteiger partial charge on any atom is 0.105 e. The topological polar surface area (TPSA) is 42.4 Å².